The van der Waals surface area contributed by atoms with Gasteiger partial charge in [-0.15, -0.1) is 0 Å². The molecule has 0 saturated carbocycles. The Morgan fingerprint density at radius 1 is 1.05 bits per heavy atom. The highest BCUT2D eigenvalue weighted by Crippen LogP contribution is 2.29. The zero-order chi connectivity index (χ0) is 15.0. The van der Waals surface area contributed by atoms with Crippen molar-refractivity contribution in [2.75, 3.05) is 44.4 Å². The van der Waals surface area contributed by atoms with Crippen LogP contribution in [0.2, 0.25) is 10.0 Å². The van der Waals surface area contributed by atoms with E-state index >= 15 is 0 Å². The summed E-state index contributed by atoms with van der Waals surface area (Å²) in [6.45, 7) is 4.89. The maximum Gasteiger partial charge on any atom is 0.147 e. The Labute approximate surface area is 131 Å². The molecule has 0 spiro atoms. The molecule has 2 N–H and O–H groups in total. The van der Waals surface area contributed by atoms with Gasteiger partial charge in [-0.3, -0.25) is 0 Å². The fourth-order valence-electron chi connectivity index (χ4n) is 1.72. The van der Waals surface area contributed by atoms with Crippen molar-refractivity contribution in [3.63, 3.8) is 0 Å². The second-order valence-electron chi connectivity index (χ2n) is 5.01. The molecule has 0 saturated heterocycles. The van der Waals surface area contributed by atoms with E-state index in [1.54, 1.807) is 6.07 Å². The molecule has 0 aliphatic heterocycles. The maximum atomic E-state index is 6.15. The van der Waals surface area contributed by atoms with Crippen LogP contribution >= 0.6 is 23.2 Å². The number of halogens is 2. The van der Waals surface area contributed by atoms with E-state index in [0.29, 0.717) is 21.7 Å². The van der Waals surface area contributed by atoms with Crippen molar-refractivity contribution in [3.05, 3.63) is 16.1 Å². The predicted octanol–water partition coefficient (Wildman–Crippen LogP) is 3.96. The standard InChI is InChI=1S/C14H24Cl2N4/c1-4-7-17-13-11(15)10-12(16)14(19-13)18-8-5-6-9-20(2)3/h10H,4-9H2,1-3H3,(H2,17,18,19). The Kier molecular flexibility index (Phi) is 8.04. The minimum atomic E-state index is 0.557. The number of anilines is 2. The van der Waals surface area contributed by atoms with Crippen molar-refractivity contribution in [2.45, 2.75) is 26.2 Å². The number of unbranched alkanes of at least 4 members (excludes halogenated alkanes) is 1. The molecule has 0 radical (unpaired) electrons. The molecule has 0 aliphatic carbocycles. The first-order valence-electron chi connectivity index (χ1n) is 7.03. The van der Waals surface area contributed by atoms with Crippen LogP contribution in [0.5, 0.6) is 0 Å². The monoisotopic (exact) mass is 318 g/mol. The minimum absolute atomic E-state index is 0.557. The van der Waals surface area contributed by atoms with E-state index in [1.165, 1.54) is 0 Å². The van der Waals surface area contributed by atoms with Crippen molar-refractivity contribution in [1.29, 1.82) is 0 Å². The smallest absolute Gasteiger partial charge is 0.147 e. The first kappa shape index (κ1) is 17.3. The fraction of sp³-hybridized carbons (Fsp3) is 0.643. The van der Waals surface area contributed by atoms with E-state index < -0.39 is 0 Å². The van der Waals surface area contributed by atoms with Crippen molar-refractivity contribution >= 4 is 34.8 Å². The molecule has 20 heavy (non-hydrogen) atoms. The molecule has 0 fully saturated rings. The van der Waals surface area contributed by atoms with Crippen LogP contribution in [0.1, 0.15) is 26.2 Å². The summed E-state index contributed by atoms with van der Waals surface area (Å²) >= 11 is 12.3. The van der Waals surface area contributed by atoms with Gasteiger partial charge in [-0.05, 0) is 46.0 Å². The number of nitrogens with zero attached hydrogens (tertiary/aromatic N) is 2. The summed E-state index contributed by atoms with van der Waals surface area (Å²) in [5.74, 6) is 1.38. The van der Waals surface area contributed by atoms with Crippen LogP contribution < -0.4 is 10.6 Å². The Bertz CT molecular complexity index is 410. The van der Waals surface area contributed by atoms with E-state index in [9.17, 15) is 0 Å². The summed E-state index contributed by atoms with van der Waals surface area (Å²) in [6.07, 6.45) is 3.25. The molecule has 0 atom stereocenters. The molecular formula is C14H24Cl2N4. The Balaban J connectivity index is 2.51. The van der Waals surface area contributed by atoms with Crippen LogP contribution in [0.3, 0.4) is 0 Å². The summed E-state index contributed by atoms with van der Waals surface area (Å²) < 4.78 is 0. The quantitative estimate of drug-likeness (QED) is 0.676. The molecule has 0 amide bonds. The van der Waals surface area contributed by atoms with Crippen LogP contribution in [0.4, 0.5) is 11.6 Å². The summed E-state index contributed by atoms with van der Waals surface area (Å²) in [5.41, 5.74) is 0. The number of hydrogen-bond acceptors (Lipinski definition) is 4. The number of aromatic nitrogens is 1. The third-order valence-electron chi connectivity index (χ3n) is 2.80. The fourth-order valence-corrected chi connectivity index (χ4v) is 2.21. The van der Waals surface area contributed by atoms with Gasteiger partial charge >= 0.3 is 0 Å². The van der Waals surface area contributed by atoms with Crippen LogP contribution in [0.15, 0.2) is 6.07 Å². The second kappa shape index (κ2) is 9.27. The second-order valence-corrected chi connectivity index (χ2v) is 5.83. The zero-order valence-corrected chi connectivity index (χ0v) is 14.0. The van der Waals surface area contributed by atoms with Gasteiger partial charge < -0.3 is 15.5 Å². The van der Waals surface area contributed by atoms with Crippen LogP contribution in [0.25, 0.3) is 0 Å². The minimum Gasteiger partial charge on any atom is -0.369 e. The highest BCUT2D eigenvalue weighted by molar-refractivity contribution is 6.37. The van der Waals surface area contributed by atoms with Gasteiger partial charge in [-0.1, -0.05) is 30.1 Å². The van der Waals surface area contributed by atoms with Crippen LogP contribution in [0, 0.1) is 0 Å². The first-order chi connectivity index (χ1) is 9.54. The summed E-state index contributed by atoms with van der Waals surface area (Å²) in [5, 5.41) is 7.59. The van der Waals surface area contributed by atoms with Gasteiger partial charge in [0.1, 0.15) is 11.6 Å². The number of rotatable bonds is 9. The lowest BCUT2D eigenvalue weighted by molar-refractivity contribution is 0.396. The third-order valence-corrected chi connectivity index (χ3v) is 3.37. The molecule has 4 nitrogen and oxygen atoms in total. The van der Waals surface area contributed by atoms with E-state index in [4.69, 9.17) is 23.2 Å². The lowest BCUT2D eigenvalue weighted by Crippen LogP contribution is -2.14. The van der Waals surface area contributed by atoms with E-state index in [0.717, 1.165) is 38.9 Å². The molecule has 0 aliphatic rings. The van der Waals surface area contributed by atoms with Crippen molar-refractivity contribution in [2.24, 2.45) is 0 Å². The van der Waals surface area contributed by atoms with Crippen molar-refractivity contribution in [3.8, 4) is 0 Å². The number of hydrogen-bond donors (Lipinski definition) is 2. The molecule has 1 aromatic heterocycles. The average Bonchev–Trinajstić information content (AvgIpc) is 2.39. The van der Waals surface area contributed by atoms with E-state index in [-0.39, 0.29) is 0 Å². The molecular weight excluding hydrogens is 295 g/mol. The molecule has 1 aromatic rings. The summed E-state index contributed by atoms with van der Waals surface area (Å²) in [4.78, 5) is 6.63. The normalized spacial score (nSPS) is 10.9. The van der Waals surface area contributed by atoms with Gasteiger partial charge in [0, 0.05) is 13.1 Å². The highest BCUT2D eigenvalue weighted by Gasteiger charge is 2.08. The van der Waals surface area contributed by atoms with Gasteiger partial charge in [0.25, 0.3) is 0 Å². The highest BCUT2D eigenvalue weighted by atomic mass is 35.5. The largest absolute Gasteiger partial charge is 0.369 e. The third kappa shape index (κ3) is 6.16. The molecule has 1 rings (SSSR count). The van der Waals surface area contributed by atoms with Crippen LogP contribution in [-0.4, -0.2) is 43.6 Å². The molecule has 0 bridgehead atoms. The lowest BCUT2D eigenvalue weighted by atomic mass is 10.3. The topological polar surface area (TPSA) is 40.2 Å². The van der Waals surface area contributed by atoms with Gasteiger partial charge in [-0.2, -0.15) is 0 Å². The lowest BCUT2D eigenvalue weighted by Gasteiger charge is -2.13. The summed E-state index contributed by atoms with van der Waals surface area (Å²) in [7, 11) is 4.16. The van der Waals surface area contributed by atoms with Crippen molar-refractivity contribution in [1.82, 2.24) is 9.88 Å². The Morgan fingerprint density at radius 2 is 1.65 bits per heavy atom. The molecule has 0 unspecified atom stereocenters. The molecule has 0 aromatic carbocycles. The van der Waals surface area contributed by atoms with E-state index in [1.807, 2.05) is 0 Å². The van der Waals surface area contributed by atoms with Crippen LogP contribution in [-0.2, 0) is 0 Å². The van der Waals surface area contributed by atoms with Gasteiger partial charge in [-0.25, -0.2) is 4.98 Å². The first-order valence-corrected chi connectivity index (χ1v) is 7.78. The van der Waals surface area contributed by atoms with Crippen molar-refractivity contribution < 1.29 is 0 Å². The average molecular weight is 319 g/mol. The van der Waals surface area contributed by atoms with Gasteiger partial charge in [0.2, 0.25) is 0 Å². The molecule has 1 heterocycles. The number of nitrogens with one attached hydrogen (secondary N) is 2. The molecule has 114 valence electrons. The Hall–Kier alpha value is -0.710. The van der Waals surface area contributed by atoms with Gasteiger partial charge in [0.05, 0.1) is 10.0 Å². The SMILES string of the molecule is CCCNc1nc(NCCCCN(C)C)c(Cl)cc1Cl. The van der Waals surface area contributed by atoms with E-state index in [2.05, 4.69) is 41.5 Å². The Morgan fingerprint density at radius 3 is 2.20 bits per heavy atom. The number of pyridine rings is 1. The zero-order valence-electron chi connectivity index (χ0n) is 12.5. The maximum absolute atomic E-state index is 6.15. The summed E-state index contributed by atoms with van der Waals surface area (Å²) in [6, 6.07) is 1.73. The predicted molar refractivity (Wildman–Crippen MR) is 89.3 cm³/mol. The molecule has 6 heteroatoms. The van der Waals surface area contributed by atoms with Gasteiger partial charge in [0.15, 0.2) is 0 Å².